The summed E-state index contributed by atoms with van der Waals surface area (Å²) < 4.78 is 0. The molecule has 1 aromatic carbocycles. The molecule has 0 radical (unpaired) electrons. The Morgan fingerprint density at radius 2 is 1.88 bits per heavy atom. The van der Waals surface area contributed by atoms with Crippen molar-refractivity contribution in [3.8, 4) is 0 Å². The minimum atomic E-state index is -0.487. The van der Waals surface area contributed by atoms with E-state index in [1.165, 1.54) is 4.90 Å². The summed E-state index contributed by atoms with van der Waals surface area (Å²) in [6.45, 7) is 2.79. The van der Waals surface area contributed by atoms with Crippen LogP contribution in [0.5, 0.6) is 0 Å². The molecule has 92 valence electrons. The van der Waals surface area contributed by atoms with E-state index < -0.39 is 12.1 Å². The van der Waals surface area contributed by atoms with Crippen LogP contribution in [-0.4, -0.2) is 30.6 Å². The van der Waals surface area contributed by atoms with Crippen molar-refractivity contribution in [1.29, 1.82) is 0 Å². The predicted octanol–water partition coefficient (Wildman–Crippen LogP) is 1.56. The molecule has 5 heteroatoms. The predicted molar refractivity (Wildman–Crippen MR) is 65.5 cm³/mol. The van der Waals surface area contributed by atoms with E-state index in [-0.39, 0.29) is 0 Å². The van der Waals surface area contributed by atoms with Gasteiger partial charge in [-0.1, -0.05) is 30.3 Å². The number of hydrogen-bond acceptors (Lipinski definition) is 2. The molecule has 0 aliphatic heterocycles. The van der Waals surface area contributed by atoms with Crippen molar-refractivity contribution in [3.05, 3.63) is 35.9 Å². The fourth-order valence-electron chi connectivity index (χ4n) is 1.16. The molecule has 17 heavy (non-hydrogen) atoms. The molecule has 0 aliphatic rings. The maximum Gasteiger partial charge on any atom is 0.325 e. The van der Waals surface area contributed by atoms with Crippen LogP contribution in [0, 0.1) is 0 Å². The van der Waals surface area contributed by atoms with Crippen LogP contribution in [0.1, 0.15) is 12.5 Å². The van der Waals surface area contributed by atoms with Gasteiger partial charge in [-0.05, 0) is 12.5 Å². The first-order valence-electron chi connectivity index (χ1n) is 5.47. The molecule has 1 aromatic rings. The number of amides is 4. The Bertz CT molecular complexity index is 379. The summed E-state index contributed by atoms with van der Waals surface area (Å²) in [5.74, 6) is 0. The Balaban J connectivity index is 2.33. The second-order valence-corrected chi connectivity index (χ2v) is 3.61. The maximum atomic E-state index is 11.4. The highest BCUT2D eigenvalue weighted by Crippen LogP contribution is 1.96. The summed E-state index contributed by atoms with van der Waals surface area (Å²) >= 11 is 0. The molecule has 5 nitrogen and oxygen atoms in total. The lowest BCUT2D eigenvalue weighted by molar-refractivity contribution is 0.206. The van der Waals surface area contributed by atoms with E-state index in [1.807, 2.05) is 37.3 Å². The van der Waals surface area contributed by atoms with Gasteiger partial charge in [0.25, 0.3) is 0 Å². The molecular formula is C12H17N3O2. The molecule has 0 saturated carbocycles. The van der Waals surface area contributed by atoms with E-state index in [0.717, 1.165) is 5.56 Å². The van der Waals surface area contributed by atoms with Gasteiger partial charge < -0.3 is 10.2 Å². The topological polar surface area (TPSA) is 61.4 Å². The number of hydrogen-bond donors (Lipinski definition) is 2. The first-order valence-corrected chi connectivity index (χ1v) is 5.47. The third-order valence-electron chi connectivity index (χ3n) is 2.34. The Morgan fingerprint density at radius 3 is 2.47 bits per heavy atom. The molecule has 0 atom stereocenters. The number of carbonyl (C=O) groups is 2. The lowest BCUT2D eigenvalue weighted by Crippen LogP contribution is -2.45. The van der Waals surface area contributed by atoms with Crippen molar-refractivity contribution in [3.63, 3.8) is 0 Å². The van der Waals surface area contributed by atoms with Gasteiger partial charge in [-0.25, -0.2) is 9.59 Å². The van der Waals surface area contributed by atoms with Crippen molar-refractivity contribution in [2.24, 2.45) is 0 Å². The molecule has 0 fully saturated rings. The van der Waals surface area contributed by atoms with Gasteiger partial charge in [-0.3, -0.25) is 5.32 Å². The second-order valence-electron chi connectivity index (χ2n) is 3.61. The highest BCUT2D eigenvalue weighted by molar-refractivity contribution is 5.93. The van der Waals surface area contributed by atoms with Gasteiger partial charge in [0.05, 0.1) is 0 Å². The normalized spacial score (nSPS) is 9.53. The Labute approximate surface area is 101 Å². The SMILES string of the molecule is CCN(C)C(=O)NC(=O)NCc1ccccc1. The number of nitrogens with one attached hydrogen (secondary N) is 2. The van der Waals surface area contributed by atoms with E-state index in [9.17, 15) is 9.59 Å². The molecule has 2 N–H and O–H groups in total. The standard InChI is InChI=1S/C12H17N3O2/c1-3-15(2)12(17)14-11(16)13-9-10-7-5-4-6-8-10/h4-8H,3,9H2,1-2H3,(H2,13,14,16,17). The third-order valence-corrected chi connectivity index (χ3v) is 2.34. The van der Waals surface area contributed by atoms with Crippen LogP contribution in [0.2, 0.25) is 0 Å². The Kier molecular flexibility index (Phi) is 5.00. The molecule has 0 bridgehead atoms. The highest BCUT2D eigenvalue weighted by atomic mass is 16.2. The summed E-state index contributed by atoms with van der Waals surface area (Å²) in [5.41, 5.74) is 0.985. The van der Waals surface area contributed by atoms with E-state index in [2.05, 4.69) is 10.6 Å². The highest BCUT2D eigenvalue weighted by Gasteiger charge is 2.09. The minimum absolute atomic E-state index is 0.399. The van der Waals surface area contributed by atoms with E-state index >= 15 is 0 Å². The monoisotopic (exact) mass is 235 g/mol. The number of nitrogens with zero attached hydrogens (tertiary/aromatic N) is 1. The smallest absolute Gasteiger partial charge is 0.325 e. The van der Waals surface area contributed by atoms with Gasteiger partial charge in [-0.2, -0.15) is 0 Å². The largest absolute Gasteiger partial charge is 0.334 e. The molecule has 0 heterocycles. The third kappa shape index (κ3) is 4.55. The summed E-state index contributed by atoms with van der Waals surface area (Å²) in [7, 11) is 1.62. The summed E-state index contributed by atoms with van der Waals surface area (Å²) in [6, 6.07) is 8.61. The number of urea groups is 2. The maximum absolute atomic E-state index is 11.4. The van der Waals surface area contributed by atoms with Gasteiger partial charge in [0.1, 0.15) is 0 Å². The lowest BCUT2D eigenvalue weighted by atomic mass is 10.2. The molecule has 0 spiro atoms. The Hall–Kier alpha value is -2.04. The molecule has 0 aliphatic carbocycles. The second kappa shape index (κ2) is 6.52. The minimum Gasteiger partial charge on any atom is -0.334 e. The first-order chi connectivity index (χ1) is 8.13. The van der Waals surface area contributed by atoms with Crippen LogP contribution in [0.15, 0.2) is 30.3 Å². The molecule has 1 rings (SSSR count). The zero-order valence-corrected chi connectivity index (χ0v) is 10.1. The van der Waals surface area contributed by atoms with E-state index in [1.54, 1.807) is 7.05 Å². The average molecular weight is 235 g/mol. The molecule has 0 aromatic heterocycles. The van der Waals surface area contributed by atoms with Gasteiger partial charge in [0, 0.05) is 20.1 Å². The summed E-state index contributed by atoms with van der Waals surface area (Å²) in [4.78, 5) is 24.1. The van der Waals surface area contributed by atoms with Crippen LogP contribution < -0.4 is 10.6 Å². The van der Waals surface area contributed by atoms with Gasteiger partial charge in [0.15, 0.2) is 0 Å². The summed E-state index contributed by atoms with van der Waals surface area (Å²) in [5, 5.41) is 4.85. The van der Waals surface area contributed by atoms with Gasteiger partial charge in [-0.15, -0.1) is 0 Å². The summed E-state index contributed by atoms with van der Waals surface area (Å²) in [6.07, 6.45) is 0. The fourth-order valence-corrected chi connectivity index (χ4v) is 1.16. The van der Waals surface area contributed by atoms with Crippen LogP contribution in [0.3, 0.4) is 0 Å². The van der Waals surface area contributed by atoms with Crippen LogP contribution in [0.4, 0.5) is 9.59 Å². The van der Waals surface area contributed by atoms with Crippen molar-refractivity contribution >= 4 is 12.1 Å². The Morgan fingerprint density at radius 1 is 1.24 bits per heavy atom. The molecule has 0 unspecified atom stereocenters. The van der Waals surface area contributed by atoms with Gasteiger partial charge in [0.2, 0.25) is 0 Å². The van der Waals surface area contributed by atoms with Gasteiger partial charge >= 0.3 is 12.1 Å². The molecule has 4 amide bonds. The van der Waals surface area contributed by atoms with E-state index in [4.69, 9.17) is 0 Å². The van der Waals surface area contributed by atoms with E-state index in [0.29, 0.717) is 13.1 Å². The van der Waals surface area contributed by atoms with Crippen molar-refractivity contribution in [2.45, 2.75) is 13.5 Å². The number of imide groups is 1. The zero-order chi connectivity index (χ0) is 12.7. The van der Waals surface area contributed by atoms with Crippen molar-refractivity contribution < 1.29 is 9.59 Å². The lowest BCUT2D eigenvalue weighted by Gasteiger charge is -2.14. The van der Waals surface area contributed by atoms with Crippen molar-refractivity contribution in [1.82, 2.24) is 15.5 Å². The van der Waals surface area contributed by atoms with Crippen LogP contribution in [0.25, 0.3) is 0 Å². The number of carbonyl (C=O) groups excluding carboxylic acids is 2. The zero-order valence-electron chi connectivity index (χ0n) is 10.1. The fraction of sp³-hybridized carbons (Fsp3) is 0.333. The number of benzene rings is 1. The van der Waals surface area contributed by atoms with Crippen LogP contribution in [-0.2, 0) is 6.54 Å². The quantitative estimate of drug-likeness (QED) is 0.835. The van der Waals surface area contributed by atoms with Crippen LogP contribution >= 0.6 is 0 Å². The number of rotatable bonds is 3. The average Bonchev–Trinajstić information content (AvgIpc) is 2.36. The molecular weight excluding hydrogens is 218 g/mol. The molecule has 0 saturated heterocycles. The van der Waals surface area contributed by atoms with Crippen molar-refractivity contribution in [2.75, 3.05) is 13.6 Å². The first kappa shape index (κ1) is 13.0.